The van der Waals surface area contributed by atoms with Gasteiger partial charge in [0.25, 0.3) is 0 Å². The fourth-order valence-electron chi connectivity index (χ4n) is 2.77. The molecule has 1 fully saturated rings. The van der Waals surface area contributed by atoms with Crippen LogP contribution in [0, 0.1) is 11.8 Å². The summed E-state index contributed by atoms with van der Waals surface area (Å²) in [5, 5.41) is 8.91. The van der Waals surface area contributed by atoms with Crippen LogP contribution >= 0.6 is 0 Å². The molecule has 0 aliphatic heterocycles. The Morgan fingerprint density at radius 3 is 2.35 bits per heavy atom. The average Bonchev–Trinajstić information content (AvgIpc) is 2.34. The Morgan fingerprint density at radius 2 is 1.76 bits per heavy atom. The Balaban J connectivity index is 1.99. The van der Waals surface area contributed by atoms with Crippen LogP contribution in [-0.4, -0.2) is 11.1 Å². The van der Waals surface area contributed by atoms with E-state index >= 15 is 0 Å². The Kier molecular flexibility index (Phi) is 6.99. The second kappa shape index (κ2) is 8.32. The summed E-state index contributed by atoms with van der Waals surface area (Å²) in [6.45, 7) is 3.73. The van der Waals surface area contributed by atoms with Gasteiger partial charge >= 0.3 is 5.97 Å². The Morgan fingerprint density at radius 1 is 1.12 bits per heavy atom. The molecule has 1 saturated carbocycles. The van der Waals surface area contributed by atoms with Gasteiger partial charge in [-0.3, -0.25) is 4.79 Å². The molecule has 2 heteroatoms. The van der Waals surface area contributed by atoms with E-state index in [2.05, 4.69) is 6.58 Å². The number of carboxylic acid groups (broad SMARTS) is 1. The maximum atomic E-state index is 10.8. The van der Waals surface area contributed by atoms with Crippen molar-refractivity contribution in [3.8, 4) is 0 Å². The van der Waals surface area contributed by atoms with Gasteiger partial charge in [0.05, 0.1) is 5.92 Å². The molecule has 1 aliphatic rings. The quantitative estimate of drug-likeness (QED) is 0.502. The molecule has 0 radical (unpaired) electrons. The van der Waals surface area contributed by atoms with Crippen LogP contribution in [0.5, 0.6) is 0 Å². The molecule has 0 saturated heterocycles. The smallest absolute Gasteiger partial charge is 0.306 e. The van der Waals surface area contributed by atoms with E-state index in [1.165, 1.54) is 32.1 Å². The van der Waals surface area contributed by atoms with Crippen molar-refractivity contribution >= 4 is 5.97 Å². The lowest BCUT2D eigenvalue weighted by Crippen LogP contribution is -2.21. The molecule has 0 unspecified atom stereocenters. The van der Waals surface area contributed by atoms with Crippen molar-refractivity contribution in [2.45, 2.75) is 64.2 Å². The second-order valence-corrected chi connectivity index (χ2v) is 5.34. The zero-order valence-electron chi connectivity index (χ0n) is 10.9. The zero-order chi connectivity index (χ0) is 12.5. The number of hydrogen-bond donors (Lipinski definition) is 1. The molecule has 0 bridgehead atoms. The highest BCUT2D eigenvalue weighted by Gasteiger charge is 2.25. The molecule has 0 atom stereocenters. The summed E-state index contributed by atoms with van der Waals surface area (Å²) < 4.78 is 0. The van der Waals surface area contributed by atoms with Crippen LogP contribution in [0.4, 0.5) is 0 Å². The molecule has 1 N–H and O–H groups in total. The number of rotatable bonds is 8. The number of carboxylic acids is 1. The van der Waals surface area contributed by atoms with Crippen molar-refractivity contribution in [1.29, 1.82) is 0 Å². The van der Waals surface area contributed by atoms with E-state index in [0.29, 0.717) is 0 Å². The van der Waals surface area contributed by atoms with Crippen molar-refractivity contribution < 1.29 is 9.90 Å². The van der Waals surface area contributed by atoms with Gasteiger partial charge < -0.3 is 5.11 Å². The molecule has 98 valence electrons. The molecule has 0 spiro atoms. The van der Waals surface area contributed by atoms with Gasteiger partial charge in [-0.1, -0.05) is 31.8 Å². The molecule has 2 nitrogen and oxygen atoms in total. The summed E-state index contributed by atoms with van der Waals surface area (Å²) in [6.07, 6.45) is 13.7. The topological polar surface area (TPSA) is 37.3 Å². The fraction of sp³-hybridized carbons (Fsp3) is 0.800. The van der Waals surface area contributed by atoms with E-state index < -0.39 is 5.97 Å². The van der Waals surface area contributed by atoms with Crippen LogP contribution < -0.4 is 0 Å². The van der Waals surface area contributed by atoms with Crippen LogP contribution in [0.3, 0.4) is 0 Å². The van der Waals surface area contributed by atoms with Crippen LogP contribution in [0.25, 0.3) is 0 Å². The van der Waals surface area contributed by atoms with Crippen molar-refractivity contribution in [2.24, 2.45) is 11.8 Å². The van der Waals surface area contributed by atoms with Gasteiger partial charge in [-0.15, -0.1) is 6.58 Å². The monoisotopic (exact) mass is 238 g/mol. The number of carbonyl (C=O) groups is 1. The summed E-state index contributed by atoms with van der Waals surface area (Å²) in [6, 6.07) is 0. The van der Waals surface area contributed by atoms with E-state index in [0.717, 1.165) is 38.0 Å². The first kappa shape index (κ1) is 14.3. The third-order valence-corrected chi connectivity index (χ3v) is 3.97. The Hall–Kier alpha value is -0.790. The summed E-state index contributed by atoms with van der Waals surface area (Å²) in [7, 11) is 0. The third kappa shape index (κ3) is 5.90. The van der Waals surface area contributed by atoms with Crippen molar-refractivity contribution in [1.82, 2.24) is 0 Å². The number of unbranched alkanes of at least 4 members (excludes halogenated alkanes) is 4. The van der Waals surface area contributed by atoms with Gasteiger partial charge in [-0.05, 0) is 44.4 Å². The summed E-state index contributed by atoms with van der Waals surface area (Å²) in [4.78, 5) is 10.8. The lowest BCUT2D eigenvalue weighted by molar-refractivity contribution is -0.143. The van der Waals surface area contributed by atoms with Crippen LogP contribution in [0.2, 0.25) is 0 Å². The molecule has 1 aliphatic carbocycles. The highest BCUT2D eigenvalue weighted by molar-refractivity contribution is 5.69. The van der Waals surface area contributed by atoms with Gasteiger partial charge in [0.15, 0.2) is 0 Å². The lowest BCUT2D eigenvalue weighted by atomic mass is 9.80. The molecule has 0 amide bonds. The molecule has 0 aromatic carbocycles. The van der Waals surface area contributed by atoms with E-state index in [1.54, 1.807) is 0 Å². The first-order valence-electron chi connectivity index (χ1n) is 7.07. The molecule has 0 aromatic heterocycles. The van der Waals surface area contributed by atoms with E-state index in [-0.39, 0.29) is 5.92 Å². The summed E-state index contributed by atoms with van der Waals surface area (Å²) >= 11 is 0. The maximum absolute atomic E-state index is 10.8. The average molecular weight is 238 g/mol. The first-order chi connectivity index (χ1) is 8.24. The molecular weight excluding hydrogens is 212 g/mol. The highest BCUT2D eigenvalue weighted by atomic mass is 16.4. The van der Waals surface area contributed by atoms with Crippen molar-refractivity contribution in [2.75, 3.05) is 0 Å². The SMILES string of the molecule is C=CCCCCCCC1CCC(C(=O)O)CC1. The third-order valence-electron chi connectivity index (χ3n) is 3.97. The first-order valence-corrected chi connectivity index (χ1v) is 7.07. The largest absolute Gasteiger partial charge is 0.481 e. The minimum atomic E-state index is -0.590. The lowest BCUT2D eigenvalue weighted by Gasteiger charge is -2.25. The minimum Gasteiger partial charge on any atom is -0.481 e. The van der Waals surface area contributed by atoms with Gasteiger partial charge in [-0.25, -0.2) is 0 Å². The molecule has 1 rings (SSSR count). The normalized spacial score (nSPS) is 24.5. The van der Waals surface area contributed by atoms with Crippen molar-refractivity contribution in [3.63, 3.8) is 0 Å². The van der Waals surface area contributed by atoms with Crippen LogP contribution in [-0.2, 0) is 4.79 Å². The maximum Gasteiger partial charge on any atom is 0.306 e. The number of hydrogen-bond acceptors (Lipinski definition) is 1. The predicted octanol–water partition coefficient (Wildman–Crippen LogP) is 4.40. The molecule has 17 heavy (non-hydrogen) atoms. The molecule has 0 aromatic rings. The standard InChI is InChI=1S/C15H26O2/c1-2-3-4-5-6-7-8-13-9-11-14(12-10-13)15(16)17/h2,13-14H,1,3-12H2,(H,16,17). The Bertz CT molecular complexity index is 227. The predicted molar refractivity (Wildman–Crippen MR) is 71.0 cm³/mol. The van der Waals surface area contributed by atoms with Gasteiger partial charge in [0, 0.05) is 0 Å². The van der Waals surface area contributed by atoms with Gasteiger partial charge in [0.2, 0.25) is 0 Å². The Labute approximate surface area is 105 Å². The van der Waals surface area contributed by atoms with E-state index in [1.807, 2.05) is 6.08 Å². The van der Waals surface area contributed by atoms with Crippen LogP contribution in [0.15, 0.2) is 12.7 Å². The molecule has 0 heterocycles. The second-order valence-electron chi connectivity index (χ2n) is 5.34. The minimum absolute atomic E-state index is 0.0566. The van der Waals surface area contributed by atoms with E-state index in [9.17, 15) is 4.79 Å². The highest BCUT2D eigenvalue weighted by Crippen LogP contribution is 2.32. The summed E-state index contributed by atoms with van der Waals surface area (Å²) in [5.74, 6) is 0.150. The number of allylic oxidation sites excluding steroid dienone is 1. The van der Waals surface area contributed by atoms with Gasteiger partial charge in [0.1, 0.15) is 0 Å². The zero-order valence-corrected chi connectivity index (χ0v) is 10.9. The van der Waals surface area contributed by atoms with E-state index in [4.69, 9.17) is 5.11 Å². The molecular formula is C15H26O2. The fourth-order valence-corrected chi connectivity index (χ4v) is 2.77. The van der Waals surface area contributed by atoms with Crippen molar-refractivity contribution in [3.05, 3.63) is 12.7 Å². The summed E-state index contributed by atoms with van der Waals surface area (Å²) in [5.41, 5.74) is 0. The van der Waals surface area contributed by atoms with Gasteiger partial charge in [-0.2, -0.15) is 0 Å². The van der Waals surface area contributed by atoms with Crippen LogP contribution in [0.1, 0.15) is 64.2 Å². The number of aliphatic carboxylic acids is 1.